The monoisotopic (exact) mass is 342 g/mol. The Bertz CT molecular complexity index is 661. The van der Waals surface area contributed by atoms with Gasteiger partial charge in [-0.2, -0.15) is 5.10 Å². The Morgan fingerprint density at radius 1 is 1.33 bits per heavy atom. The van der Waals surface area contributed by atoms with Gasteiger partial charge in [0.15, 0.2) is 5.82 Å². The lowest BCUT2D eigenvalue weighted by molar-refractivity contribution is 0.122. The van der Waals surface area contributed by atoms with Crippen LogP contribution in [0, 0.1) is 5.82 Å². The first-order chi connectivity index (χ1) is 11.4. The summed E-state index contributed by atoms with van der Waals surface area (Å²) in [5.41, 5.74) is 0. The molecule has 0 saturated carbocycles. The van der Waals surface area contributed by atoms with Gasteiger partial charge in [-0.1, -0.05) is 0 Å². The van der Waals surface area contributed by atoms with Crippen LogP contribution >= 0.6 is 0 Å². The van der Waals surface area contributed by atoms with Gasteiger partial charge in [-0.25, -0.2) is 18.0 Å². The summed E-state index contributed by atoms with van der Waals surface area (Å²) in [5.74, 6) is 0.327. The fourth-order valence-corrected chi connectivity index (χ4v) is 1.81. The molecule has 9 heteroatoms. The van der Waals surface area contributed by atoms with Gasteiger partial charge in [0.05, 0.1) is 6.54 Å². The lowest BCUT2D eigenvalue weighted by Gasteiger charge is -2.17. The number of anilines is 1. The van der Waals surface area contributed by atoms with Gasteiger partial charge in [0.2, 0.25) is 0 Å². The number of nitrogens with zero attached hydrogens (tertiary/aromatic N) is 3. The molecule has 2 amide bonds. The number of carbonyl (C=O) groups excluding carboxylic acids is 1. The Morgan fingerprint density at radius 3 is 2.71 bits per heavy atom. The van der Waals surface area contributed by atoms with Gasteiger partial charge in [-0.05, 0) is 24.3 Å². The average Bonchev–Trinajstić information content (AvgIpc) is 2.95. The number of alkyl halides is 2. The molecule has 1 aromatic heterocycles. The smallest absolute Gasteiger partial charge is 0.322 e. The summed E-state index contributed by atoms with van der Waals surface area (Å²) >= 11 is 0. The number of likely N-dealkylation sites (N-methyl/N-ethyl adjacent to an activating group) is 1. The van der Waals surface area contributed by atoms with Crippen LogP contribution in [0.15, 0.2) is 36.5 Å². The van der Waals surface area contributed by atoms with E-state index in [4.69, 9.17) is 4.74 Å². The molecule has 1 aromatic carbocycles. The Labute approximate surface area is 136 Å². The van der Waals surface area contributed by atoms with Crippen molar-refractivity contribution in [3.63, 3.8) is 0 Å². The second kappa shape index (κ2) is 8.23. The van der Waals surface area contributed by atoms with Gasteiger partial charge in [0.1, 0.15) is 24.7 Å². The maximum absolute atomic E-state index is 12.8. The lowest BCUT2D eigenvalue weighted by atomic mass is 10.3. The predicted molar refractivity (Wildman–Crippen MR) is 81.8 cm³/mol. The lowest BCUT2D eigenvalue weighted by Crippen LogP contribution is -2.34. The standard InChI is InChI=1S/C15H17F3N4O2/c1-21(8-9-24-12-4-2-11(16)3-5-12)15(23)19-14-6-7-22(20-14)10-13(17)18/h2-7,13H,8-10H2,1H3,(H,19,20,23). The minimum Gasteiger partial charge on any atom is -0.492 e. The van der Waals surface area contributed by atoms with Crippen LogP contribution in [0.2, 0.25) is 0 Å². The molecule has 0 bridgehead atoms. The number of hydrogen-bond acceptors (Lipinski definition) is 3. The summed E-state index contributed by atoms with van der Waals surface area (Å²) in [6.45, 7) is -0.0342. The second-order valence-corrected chi connectivity index (χ2v) is 4.97. The van der Waals surface area contributed by atoms with Crippen molar-refractivity contribution in [2.24, 2.45) is 0 Å². The predicted octanol–water partition coefficient (Wildman–Crippen LogP) is 2.83. The molecule has 0 saturated heterocycles. The molecule has 130 valence electrons. The summed E-state index contributed by atoms with van der Waals surface area (Å²) in [4.78, 5) is 13.3. The highest BCUT2D eigenvalue weighted by atomic mass is 19.3. The number of halogens is 3. The van der Waals surface area contributed by atoms with Crippen LogP contribution in [0.3, 0.4) is 0 Å². The molecule has 2 aromatic rings. The van der Waals surface area contributed by atoms with Crippen LogP contribution in [-0.4, -0.2) is 47.3 Å². The summed E-state index contributed by atoms with van der Waals surface area (Å²) in [5, 5.41) is 6.32. The van der Waals surface area contributed by atoms with Gasteiger partial charge >= 0.3 is 6.03 Å². The number of benzene rings is 1. The van der Waals surface area contributed by atoms with Crippen molar-refractivity contribution in [2.45, 2.75) is 13.0 Å². The van der Waals surface area contributed by atoms with Gasteiger partial charge < -0.3 is 9.64 Å². The summed E-state index contributed by atoms with van der Waals surface area (Å²) in [6.07, 6.45) is -1.15. The normalized spacial score (nSPS) is 10.7. The van der Waals surface area contributed by atoms with Gasteiger partial charge in [-0.3, -0.25) is 10.00 Å². The Morgan fingerprint density at radius 2 is 2.04 bits per heavy atom. The molecule has 2 rings (SSSR count). The summed E-state index contributed by atoms with van der Waals surface area (Å²) < 4.78 is 43.7. The van der Waals surface area contributed by atoms with Gasteiger partial charge in [0.25, 0.3) is 6.43 Å². The zero-order valence-electron chi connectivity index (χ0n) is 13.0. The largest absolute Gasteiger partial charge is 0.492 e. The number of amides is 2. The van der Waals surface area contributed by atoms with E-state index in [9.17, 15) is 18.0 Å². The SMILES string of the molecule is CN(CCOc1ccc(F)cc1)C(=O)Nc1ccn(CC(F)F)n1. The molecule has 1 N–H and O–H groups in total. The van der Waals surface area contributed by atoms with E-state index >= 15 is 0 Å². The van der Waals surface area contributed by atoms with Crippen LogP contribution in [0.4, 0.5) is 23.8 Å². The Hall–Kier alpha value is -2.71. The van der Waals surface area contributed by atoms with E-state index in [0.717, 1.165) is 4.68 Å². The van der Waals surface area contributed by atoms with Crippen LogP contribution in [0.1, 0.15) is 0 Å². The molecular weight excluding hydrogens is 325 g/mol. The highest BCUT2D eigenvalue weighted by Gasteiger charge is 2.11. The first-order valence-electron chi connectivity index (χ1n) is 7.16. The van der Waals surface area contributed by atoms with Gasteiger partial charge in [0, 0.05) is 19.3 Å². The van der Waals surface area contributed by atoms with Crippen molar-refractivity contribution in [1.82, 2.24) is 14.7 Å². The Balaban J connectivity index is 1.75. The van der Waals surface area contributed by atoms with E-state index in [-0.39, 0.29) is 24.8 Å². The molecule has 24 heavy (non-hydrogen) atoms. The van der Waals surface area contributed by atoms with E-state index in [0.29, 0.717) is 5.75 Å². The van der Waals surface area contributed by atoms with Crippen molar-refractivity contribution in [3.8, 4) is 5.75 Å². The van der Waals surface area contributed by atoms with E-state index in [1.54, 1.807) is 7.05 Å². The fourth-order valence-electron chi connectivity index (χ4n) is 1.81. The third-order valence-corrected chi connectivity index (χ3v) is 3.06. The van der Waals surface area contributed by atoms with Crippen molar-refractivity contribution in [1.29, 1.82) is 0 Å². The molecule has 1 heterocycles. The first-order valence-corrected chi connectivity index (χ1v) is 7.16. The number of hydrogen-bond donors (Lipinski definition) is 1. The number of ether oxygens (including phenoxy) is 1. The quantitative estimate of drug-likeness (QED) is 0.842. The second-order valence-electron chi connectivity index (χ2n) is 4.97. The van der Waals surface area contributed by atoms with Crippen molar-refractivity contribution >= 4 is 11.8 Å². The van der Waals surface area contributed by atoms with Crippen LogP contribution in [0.5, 0.6) is 5.75 Å². The molecule has 0 aliphatic carbocycles. The summed E-state index contributed by atoms with van der Waals surface area (Å²) in [6, 6.07) is 6.53. The highest BCUT2D eigenvalue weighted by Crippen LogP contribution is 2.11. The van der Waals surface area contributed by atoms with Crippen molar-refractivity contribution in [2.75, 3.05) is 25.5 Å². The number of aromatic nitrogens is 2. The minimum absolute atomic E-state index is 0.187. The third-order valence-electron chi connectivity index (χ3n) is 3.06. The average molecular weight is 342 g/mol. The molecular formula is C15H17F3N4O2. The molecule has 6 nitrogen and oxygen atoms in total. The maximum Gasteiger partial charge on any atom is 0.322 e. The molecule has 0 fully saturated rings. The number of nitrogens with one attached hydrogen (secondary N) is 1. The number of carbonyl (C=O) groups is 1. The third kappa shape index (κ3) is 5.49. The molecule has 0 aliphatic heterocycles. The topological polar surface area (TPSA) is 59.4 Å². The first kappa shape index (κ1) is 17.6. The highest BCUT2D eigenvalue weighted by molar-refractivity contribution is 5.87. The van der Waals surface area contributed by atoms with Gasteiger partial charge in [-0.15, -0.1) is 0 Å². The maximum atomic E-state index is 12.8. The molecule has 0 atom stereocenters. The number of urea groups is 1. The molecule has 0 unspecified atom stereocenters. The van der Waals surface area contributed by atoms with E-state index in [1.165, 1.54) is 41.4 Å². The van der Waals surface area contributed by atoms with E-state index in [2.05, 4.69) is 10.4 Å². The van der Waals surface area contributed by atoms with Crippen LogP contribution in [-0.2, 0) is 6.54 Å². The zero-order chi connectivity index (χ0) is 17.5. The minimum atomic E-state index is -2.51. The zero-order valence-corrected chi connectivity index (χ0v) is 13.0. The van der Waals surface area contributed by atoms with Crippen molar-refractivity contribution in [3.05, 3.63) is 42.3 Å². The van der Waals surface area contributed by atoms with E-state index in [1.807, 2.05) is 0 Å². The van der Waals surface area contributed by atoms with Crippen LogP contribution < -0.4 is 10.1 Å². The molecule has 0 spiro atoms. The van der Waals surface area contributed by atoms with Crippen molar-refractivity contribution < 1.29 is 22.7 Å². The summed E-state index contributed by atoms with van der Waals surface area (Å²) in [7, 11) is 1.56. The molecule has 0 aliphatic rings. The number of rotatable bonds is 7. The molecule has 0 radical (unpaired) electrons. The Kier molecular flexibility index (Phi) is 6.05. The van der Waals surface area contributed by atoms with Crippen LogP contribution in [0.25, 0.3) is 0 Å². The van der Waals surface area contributed by atoms with E-state index < -0.39 is 19.0 Å². The fraction of sp³-hybridized carbons (Fsp3) is 0.333.